The largest absolute Gasteiger partial charge is 0.496 e. The summed E-state index contributed by atoms with van der Waals surface area (Å²) >= 11 is 0. The molecule has 2 aromatic rings. The average Bonchev–Trinajstić information content (AvgIpc) is 3.28. The first-order valence-corrected chi connectivity index (χ1v) is 9.47. The van der Waals surface area contributed by atoms with E-state index in [0.717, 1.165) is 5.56 Å². The number of ether oxygens (including phenoxy) is 4. The van der Waals surface area contributed by atoms with Crippen molar-refractivity contribution in [2.75, 3.05) is 14.2 Å². The maximum absolute atomic E-state index is 13.1. The summed E-state index contributed by atoms with van der Waals surface area (Å²) in [5, 5.41) is 0. The van der Waals surface area contributed by atoms with Crippen LogP contribution in [0.5, 0.6) is 11.5 Å². The van der Waals surface area contributed by atoms with Gasteiger partial charge >= 0.3 is 5.97 Å². The molecule has 1 aromatic carbocycles. The molecule has 3 unspecified atom stereocenters. The van der Waals surface area contributed by atoms with Crippen LogP contribution in [0.4, 0.5) is 0 Å². The second kappa shape index (κ2) is 8.03. The number of hydrogen-bond acceptors (Lipinski definition) is 7. The van der Waals surface area contributed by atoms with Crippen molar-refractivity contribution < 1.29 is 33.0 Å². The molecule has 7 heteroatoms. The highest BCUT2D eigenvalue weighted by molar-refractivity contribution is 6.22. The summed E-state index contributed by atoms with van der Waals surface area (Å²) in [5.41, 5.74) is 1.23. The van der Waals surface area contributed by atoms with Gasteiger partial charge in [-0.2, -0.15) is 0 Å². The summed E-state index contributed by atoms with van der Waals surface area (Å²) in [5.74, 6) is 0.587. The van der Waals surface area contributed by atoms with Crippen molar-refractivity contribution in [3.05, 3.63) is 54.2 Å². The van der Waals surface area contributed by atoms with Crippen molar-refractivity contribution in [2.45, 2.75) is 31.5 Å². The third kappa shape index (κ3) is 3.72. The Hall–Kier alpha value is -3.22. The minimum Gasteiger partial charge on any atom is -0.496 e. The number of rotatable bonds is 5. The van der Waals surface area contributed by atoms with Crippen LogP contribution in [0.25, 0.3) is 5.57 Å². The van der Waals surface area contributed by atoms with Crippen molar-refractivity contribution in [1.82, 2.24) is 0 Å². The van der Waals surface area contributed by atoms with E-state index in [4.69, 9.17) is 23.4 Å². The minimum atomic E-state index is -0.498. The fourth-order valence-corrected chi connectivity index (χ4v) is 3.88. The standard InChI is InChI=1S/C22H22O7/c1-25-17-8-5-13(10-20(17)26-2)16-12-28-19-11-14(6-7-15(19)21(16)23)29-22(24)18-4-3-9-27-18/h3-5,8-10,12,14-15,19H,6-7,11H2,1-2H3. The number of carbonyl (C=O) groups is 2. The van der Waals surface area contributed by atoms with E-state index in [-0.39, 0.29) is 29.7 Å². The molecule has 0 bridgehead atoms. The Morgan fingerprint density at radius 3 is 2.66 bits per heavy atom. The number of carbonyl (C=O) groups excluding carboxylic acids is 2. The van der Waals surface area contributed by atoms with E-state index in [9.17, 15) is 9.59 Å². The van der Waals surface area contributed by atoms with Crippen molar-refractivity contribution >= 4 is 17.3 Å². The lowest BCUT2D eigenvalue weighted by atomic mass is 9.78. The molecule has 0 saturated heterocycles. The van der Waals surface area contributed by atoms with Gasteiger partial charge in [0, 0.05) is 6.42 Å². The SMILES string of the molecule is COc1ccc(C2=COC3CC(OC(=O)c4ccco4)CCC3C2=O)cc1OC. The van der Waals surface area contributed by atoms with Crippen LogP contribution in [-0.4, -0.2) is 38.2 Å². The van der Waals surface area contributed by atoms with E-state index in [0.29, 0.717) is 36.3 Å². The highest BCUT2D eigenvalue weighted by Gasteiger charge is 2.41. The molecular formula is C22H22O7. The van der Waals surface area contributed by atoms with Gasteiger partial charge in [0.05, 0.1) is 38.2 Å². The number of Topliss-reactive ketones (excluding diaryl/α,β-unsaturated/α-hetero) is 1. The van der Waals surface area contributed by atoms with Crippen LogP contribution < -0.4 is 9.47 Å². The van der Waals surface area contributed by atoms with Crippen LogP contribution in [0.1, 0.15) is 35.4 Å². The van der Waals surface area contributed by atoms with E-state index in [1.807, 2.05) is 6.07 Å². The number of fused-ring (bicyclic) bond motifs is 1. The molecule has 7 nitrogen and oxygen atoms in total. The fourth-order valence-electron chi connectivity index (χ4n) is 3.88. The van der Waals surface area contributed by atoms with E-state index < -0.39 is 5.97 Å². The van der Waals surface area contributed by atoms with Gasteiger partial charge in [0.1, 0.15) is 12.2 Å². The Bertz CT molecular complexity index is 929. The first kappa shape index (κ1) is 19.1. The molecule has 1 aromatic heterocycles. The summed E-state index contributed by atoms with van der Waals surface area (Å²) in [7, 11) is 3.12. The molecule has 29 heavy (non-hydrogen) atoms. The summed E-state index contributed by atoms with van der Waals surface area (Å²) < 4.78 is 27.0. The molecule has 1 fully saturated rings. The average molecular weight is 398 g/mol. The topological polar surface area (TPSA) is 84.2 Å². The smallest absolute Gasteiger partial charge is 0.374 e. The summed E-state index contributed by atoms with van der Waals surface area (Å²) in [6.07, 6.45) is 3.97. The van der Waals surface area contributed by atoms with Crippen LogP contribution in [0.3, 0.4) is 0 Å². The fraction of sp³-hybridized carbons (Fsp3) is 0.364. The van der Waals surface area contributed by atoms with E-state index in [1.54, 1.807) is 38.5 Å². The van der Waals surface area contributed by atoms with Gasteiger partial charge in [-0.05, 0) is 42.7 Å². The lowest BCUT2D eigenvalue weighted by Crippen LogP contribution is -2.41. The van der Waals surface area contributed by atoms with Crippen molar-refractivity contribution in [1.29, 1.82) is 0 Å². The summed E-state index contributed by atoms with van der Waals surface area (Å²) in [6, 6.07) is 8.54. The molecule has 4 rings (SSSR count). The number of esters is 1. The van der Waals surface area contributed by atoms with Gasteiger partial charge < -0.3 is 23.4 Å². The lowest BCUT2D eigenvalue weighted by molar-refractivity contribution is -0.126. The predicted molar refractivity (Wildman–Crippen MR) is 103 cm³/mol. The molecule has 0 N–H and O–H groups in total. The molecule has 0 spiro atoms. The highest BCUT2D eigenvalue weighted by atomic mass is 16.6. The van der Waals surface area contributed by atoms with E-state index in [1.165, 1.54) is 12.5 Å². The number of allylic oxidation sites excluding steroid dienone is 1. The zero-order chi connectivity index (χ0) is 20.4. The zero-order valence-electron chi connectivity index (χ0n) is 16.3. The normalized spacial score (nSPS) is 23.4. The molecule has 1 aliphatic carbocycles. The molecule has 0 amide bonds. The second-order valence-corrected chi connectivity index (χ2v) is 7.06. The van der Waals surface area contributed by atoms with Gasteiger partial charge in [-0.1, -0.05) is 6.07 Å². The maximum atomic E-state index is 13.1. The van der Waals surface area contributed by atoms with Gasteiger partial charge in [0.15, 0.2) is 17.3 Å². The first-order valence-electron chi connectivity index (χ1n) is 9.47. The molecule has 2 aliphatic rings. The van der Waals surface area contributed by atoms with Gasteiger partial charge in [0.25, 0.3) is 0 Å². The lowest BCUT2D eigenvalue weighted by Gasteiger charge is -2.37. The van der Waals surface area contributed by atoms with Crippen molar-refractivity contribution in [3.63, 3.8) is 0 Å². The Morgan fingerprint density at radius 1 is 1.10 bits per heavy atom. The molecule has 152 valence electrons. The third-order valence-corrected chi connectivity index (χ3v) is 5.40. The maximum Gasteiger partial charge on any atom is 0.374 e. The molecular weight excluding hydrogens is 376 g/mol. The molecule has 3 atom stereocenters. The van der Waals surface area contributed by atoms with Crippen molar-refractivity contribution in [2.24, 2.45) is 5.92 Å². The Morgan fingerprint density at radius 2 is 1.93 bits per heavy atom. The first-order chi connectivity index (χ1) is 14.1. The monoisotopic (exact) mass is 398 g/mol. The molecule has 1 saturated carbocycles. The van der Waals surface area contributed by atoms with Crippen LogP contribution in [0.15, 0.2) is 47.3 Å². The van der Waals surface area contributed by atoms with Gasteiger partial charge in [-0.15, -0.1) is 0 Å². The van der Waals surface area contributed by atoms with E-state index in [2.05, 4.69) is 0 Å². The van der Waals surface area contributed by atoms with E-state index >= 15 is 0 Å². The summed E-state index contributed by atoms with van der Waals surface area (Å²) in [6.45, 7) is 0. The van der Waals surface area contributed by atoms with Gasteiger partial charge in [-0.25, -0.2) is 4.79 Å². The van der Waals surface area contributed by atoms with Crippen LogP contribution in [-0.2, 0) is 14.3 Å². The Balaban J connectivity index is 1.47. The number of furan rings is 1. The number of benzene rings is 1. The van der Waals surface area contributed by atoms with Crippen LogP contribution in [0.2, 0.25) is 0 Å². The second-order valence-electron chi connectivity index (χ2n) is 7.06. The number of hydrogen-bond donors (Lipinski definition) is 0. The molecule has 1 aliphatic heterocycles. The van der Waals surface area contributed by atoms with Crippen LogP contribution in [0, 0.1) is 5.92 Å². The molecule has 2 heterocycles. The Labute approximate surface area is 168 Å². The quantitative estimate of drug-likeness (QED) is 0.711. The van der Waals surface area contributed by atoms with Gasteiger partial charge in [-0.3, -0.25) is 4.79 Å². The zero-order valence-corrected chi connectivity index (χ0v) is 16.3. The minimum absolute atomic E-state index is 0.0317. The highest BCUT2D eigenvalue weighted by Crippen LogP contribution is 2.39. The number of ketones is 1. The van der Waals surface area contributed by atoms with Crippen molar-refractivity contribution in [3.8, 4) is 11.5 Å². The third-order valence-electron chi connectivity index (χ3n) is 5.40. The van der Waals surface area contributed by atoms with Crippen LogP contribution >= 0.6 is 0 Å². The molecule has 0 radical (unpaired) electrons. The predicted octanol–water partition coefficient (Wildman–Crippen LogP) is 3.63. The van der Waals surface area contributed by atoms with Gasteiger partial charge in [0.2, 0.25) is 5.76 Å². The number of methoxy groups -OCH3 is 2. The summed E-state index contributed by atoms with van der Waals surface area (Å²) in [4.78, 5) is 25.2. The Kier molecular flexibility index (Phi) is 5.29.